The Balaban J connectivity index is 1.50. The van der Waals surface area contributed by atoms with Gasteiger partial charge in [0.15, 0.2) is 3.92 Å². The third-order valence-electron chi connectivity index (χ3n) is 4.35. The van der Waals surface area contributed by atoms with Gasteiger partial charge in [0.1, 0.15) is 6.61 Å². The van der Waals surface area contributed by atoms with Crippen molar-refractivity contribution in [2.75, 3.05) is 0 Å². The Bertz CT molecular complexity index is 703. The minimum atomic E-state index is -0.202. The molecule has 0 spiro atoms. The Morgan fingerprint density at radius 3 is 3.00 bits per heavy atom. The van der Waals surface area contributed by atoms with Crippen molar-refractivity contribution in [1.29, 1.82) is 0 Å². The first-order valence-corrected chi connectivity index (χ1v) is 8.97. The number of carbonyl (C=O) groups excluding carboxylic acids is 1. The molecule has 1 aromatic carbocycles. The van der Waals surface area contributed by atoms with Gasteiger partial charge in [-0.05, 0) is 34.3 Å². The number of thiazole rings is 1. The average molecular weight is 379 g/mol. The molecule has 4 rings (SSSR count). The number of benzene rings is 1. The molecule has 2 aromatic rings. The van der Waals surface area contributed by atoms with E-state index in [4.69, 9.17) is 4.74 Å². The number of halogens is 1. The quantitative estimate of drug-likeness (QED) is 0.781. The fourth-order valence-corrected chi connectivity index (χ4v) is 5.06. The van der Waals surface area contributed by atoms with Crippen LogP contribution in [0.15, 0.2) is 34.2 Å². The van der Waals surface area contributed by atoms with Crippen LogP contribution in [-0.4, -0.2) is 22.0 Å². The van der Waals surface area contributed by atoms with Gasteiger partial charge in [-0.1, -0.05) is 30.3 Å². The highest BCUT2D eigenvalue weighted by Gasteiger charge is 2.45. The van der Waals surface area contributed by atoms with Crippen molar-refractivity contribution in [2.24, 2.45) is 0 Å². The van der Waals surface area contributed by atoms with Crippen LogP contribution >= 0.6 is 27.3 Å². The molecule has 1 saturated heterocycles. The van der Waals surface area contributed by atoms with E-state index in [1.807, 2.05) is 35.2 Å². The van der Waals surface area contributed by atoms with Crippen molar-refractivity contribution in [2.45, 2.75) is 38.0 Å². The minimum Gasteiger partial charge on any atom is -0.445 e. The topological polar surface area (TPSA) is 42.4 Å². The van der Waals surface area contributed by atoms with E-state index in [0.29, 0.717) is 6.61 Å². The highest BCUT2D eigenvalue weighted by atomic mass is 79.9. The number of amides is 1. The second-order valence-electron chi connectivity index (χ2n) is 5.68. The smallest absolute Gasteiger partial charge is 0.410 e. The van der Waals surface area contributed by atoms with Crippen molar-refractivity contribution in [3.8, 4) is 0 Å². The molecule has 1 fully saturated rings. The standard InChI is InChI=1S/C16H15BrN2O2S/c17-15-18-12-8-11-6-7-13(14(12)22-15)19(11)16(20)21-9-10-4-2-1-3-5-10/h1-5,11,13H,6-9H2. The monoisotopic (exact) mass is 378 g/mol. The first kappa shape index (κ1) is 14.2. The summed E-state index contributed by atoms with van der Waals surface area (Å²) in [6, 6.07) is 10.2. The Hall–Kier alpha value is -1.40. The van der Waals surface area contributed by atoms with E-state index in [0.717, 1.165) is 34.4 Å². The fraction of sp³-hybridized carbons (Fsp3) is 0.375. The lowest BCUT2D eigenvalue weighted by atomic mass is 10.1. The van der Waals surface area contributed by atoms with Crippen molar-refractivity contribution >= 4 is 33.4 Å². The summed E-state index contributed by atoms with van der Waals surface area (Å²) in [5, 5.41) is 0. The molecule has 0 N–H and O–H groups in total. The van der Waals surface area contributed by atoms with Gasteiger partial charge in [0.2, 0.25) is 0 Å². The largest absolute Gasteiger partial charge is 0.445 e. The molecule has 1 amide bonds. The van der Waals surface area contributed by atoms with E-state index in [2.05, 4.69) is 20.9 Å². The molecule has 2 bridgehead atoms. The Labute approximate surface area is 141 Å². The molecule has 3 heterocycles. The van der Waals surface area contributed by atoms with E-state index in [1.165, 1.54) is 4.88 Å². The Morgan fingerprint density at radius 1 is 1.36 bits per heavy atom. The van der Waals surface area contributed by atoms with Crippen LogP contribution in [0, 0.1) is 0 Å². The fourth-order valence-electron chi connectivity index (χ4n) is 3.37. The van der Waals surface area contributed by atoms with Crippen LogP contribution < -0.4 is 0 Å². The second kappa shape index (κ2) is 5.66. The van der Waals surface area contributed by atoms with Crippen molar-refractivity contribution in [3.63, 3.8) is 0 Å². The van der Waals surface area contributed by atoms with Crippen LogP contribution in [0.25, 0.3) is 0 Å². The maximum absolute atomic E-state index is 12.5. The van der Waals surface area contributed by atoms with Crippen molar-refractivity contribution in [3.05, 3.63) is 50.4 Å². The van der Waals surface area contributed by atoms with Gasteiger partial charge < -0.3 is 4.74 Å². The molecule has 2 unspecified atom stereocenters. The molecule has 114 valence electrons. The molecule has 2 aliphatic rings. The average Bonchev–Trinajstić information content (AvgIpc) is 3.06. The van der Waals surface area contributed by atoms with Crippen LogP contribution in [0.3, 0.4) is 0 Å². The number of hydrogen-bond acceptors (Lipinski definition) is 4. The van der Waals surface area contributed by atoms with E-state index in [-0.39, 0.29) is 18.2 Å². The maximum atomic E-state index is 12.5. The number of fused-ring (bicyclic) bond motifs is 4. The summed E-state index contributed by atoms with van der Waals surface area (Å²) in [7, 11) is 0. The van der Waals surface area contributed by atoms with Gasteiger partial charge in [0, 0.05) is 12.5 Å². The highest BCUT2D eigenvalue weighted by molar-refractivity contribution is 9.11. The molecular weight excluding hydrogens is 364 g/mol. The van der Waals surface area contributed by atoms with E-state index < -0.39 is 0 Å². The highest BCUT2D eigenvalue weighted by Crippen LogP contribution is 2.47. The zero-order valence-corrected chi connectivity index (χ0v) is 14.3. The zero-order chi connectivity index (χ0) is 15.1. The maximum Gasteiger partial charge on any atom is 0.410 e. The SMILES string of the molecule is O=C(OCc1ccccc1)N1C2CCC1c1sc(Br)nc1C2. The Kier molecular flexibility index (Phi) is 3.66. The van der Waals surface area contributed by atoms with Gasteiger partial charge >= 0.3 is 6.09 Å². The molecule has 22 heavy (non-hydrogen) atoms. The zero-order valence-electron chi connectivity index (χ0n) is 11.9. The van der Waals surface area contributed by atoms with Crippen LogP contribution in [0.2, 0.25) is 0 Å². The number of aromatic nitrogens is 1. The van der Waals surface area contributed by atoms with Crippen LogP contribution in [0.1, 0.15) is 35.0 Å². The summed E-state index contributed by atoms with van der Waals surface area (Å²) in [6.07, 6.45) is 2.68. The molecular formula is C16H15BrN2O2S. The van der Waals surface area contributed by atoms with Crippen LogP contribution in [0.4, 0.5) is 4.79 Å². The van der Waals surface area contributed by atoms with Gasteiger partial charge in [-0.2, -0.15) is 0 Å². The van der Waals surface area contributed by atoms with Crippen LogP contribution in [-0.2, 0) is 17.8 Å². The number of ether oxygens (including phenoxy) is 1. The van der Waals surface area contributed by atoms with E-state index in [9.17, 15) is 4.79 Å². The lowest BCUT2D eigenvalue weighted by molar-refractivity contribution is 0.0748. The molecule has 4 nitrogen and oxygen atoms in total. The number of nitrogens with zero attached hydrogens (tertiary/aromatic N) is 2. The van der Waals surface area contributed by atoms with Crippen molar-refractivity contribution < 1.29 is 9.53 Å². The molecule has 2 aliphatic heterocycles. The van der Waals surface area contributed by atoms with Crippen molar-refractivity contribution in [1.82, 2.24) is 9.88 Å². The Morgan fingerprint density at radius 2 is 2.18 bits per heavy atom. The summed E-state index contributed by atoms with van der Waals surface area (Å²) >= 11 is 5.10. The third kappa shape index (κ3) is 2.44. The van der Waals surface area contributed by atoms with Crippen LogP contribution in [0.5, 0.6) is 0 Å². The van der Waals surface area contributed by atoms with E-state index in [1.54, 1.807) is 11.3 Å². The van der Waals surface area contributed by atoms with E-state index >= 15 is 0 Å². The molecule has 0 radical (unpaired) electrons. The predicted octanol–water partition coefficient (Wildman–Crippen LogP) is 4.30. The minimum absolute atomic E-state index is 0.140. The summed E-state index contributed by atoms with van der Waals surface area (Å²) in [6.45, 7) is 0.328. The van der Waals surface area contributed by atoms with Gasteiger partial charge in [0.25, 0.3) is 0 Å². The first-order chi connectivity index (χ1) is 10.7. The summed E-state index contributed by atoms with van der Waals surface area (Å²) in [4.78, 5) is 20.2. The first-order valence-electron chi connectivity index (χ1n) is 7.36. The molecule has 0 aliphatic carbocycles. The third-order valence-corrected chi connectivity index (χ3v) is 6.00. The molecule has 0 saturated carbocycles. The van der Waals surface area contributed by atoms with Gasteiger partial charge in [-0.15, -0.1) is 11.3 Å². The van der Waals surface area contributed by atoms with Gasteiger partial charge in [-0.3, -0.25) is 4.90 Å². The molecule has 2 atom stereocenters. The second-order valence-corrected chi connectivity index (χ2v) is 7.98. The normalized spacial score (nSPS) is 22.5. The number of hydrogen-bond donors (Lipinski definition) is 0. The number of carbonyl (C=O) groups is 1. The summed E-state index contributed by atoms with van der Waals surface area (Å²) in [5.74, 6) is 0. The van der Waals surface area contributed by atoms with Gasteiger partial charge in [0.05, 0.1) is 16.6 Å². The summed E-state index contributed by atoms with van der Waals surface area (Å²) in [5.41, 5.74) is 2.16. The number of rotatable bonds is 2. The lowest BCUT2D eigenvalue weighted by Gasteiger charge is -2.33. The molecule has 1 aromatic heterocycles. The summed E-state index contributed by atoms with van der Waals surface area (Å²) < 4.78 is 6.43. The lowest BCUT2D eigenvalue weighted by Crippen LogP contribution is -2.41. The predicted molar refractivity (Wildman–Crippen MR) is 87.7 cm³/mol. The molecule has 6 heteroatoms. The van der Waals surface area contributed by atoms with Gasteiger partial charge in [-0.25, -0.2) is 9.78 Å².